The molecule has 5 nitrogen and oxygen atoms in total. The van der Waals surface area contributed by atoms with Gasteiger partial charge in [0.1, 0.15) is 0 Å². The largest absolute Gasteiger partial charge is 0.501 e. The molecule has 1 aromatic carbocycles. The Morgan fingerprint density at radius 2 is 1.61 bits per heavy atom. The number of aryl methyl sites for hydroxylation is 1. The van der Waals surface area contributed by atoms with Crippen molar-refractivity contribution in [2.75, 3.05) is 0 Å². The third-order valence-corrected chi connectivity index (χ3v) is 4.62. The molecule has 0 aromatic heterocycles. The summed E-state index contributed by atoms with van der Waals surface area (Å²) in [4.78, 5) is -1.82. The van der Waals surface area contributed by atoms with Gasteiger partial charge in [-0.05, 0) is 24.6 Å². The molecule has 0 atom stereocenters. The van der Waals surface area contributed by atoms with Crippen LogP contribution in [-0.4, -0.2) is 22.3 Å². The van der Waals surface area contributed by atoms with E-state index in [-0.39, 0.29) is 5.56 Å². The van der Waals surface area contributed by atoms with Gasteiger partial charge in [-0.25, -0.2) is 22.0 Å². The van der Waals surface area contributed by atoms with Crippen molar-refractivity contribution in [3.63, 3.8) is 0 Å². The van der Waals surface area contributed by atoms with E-state index in [4.69, 9.17) is 5.14 Å². The number of halogens is 3. The third kappa shape index (κ3) is 2.65. The van der Waals surface area contributed by atoms with Gasteiger partial charge in [-0.2, -0.15) is 13.2 Å². The Morgan fingerprint density at radius 3 is 2.00 bits per heavy atom. The first-order chi connectivity index (χ1) is 7.87. The summed E-state index contributed by atoms with van der Waals surface area (Å²) in [6, 6.07) is 2.27. The maximum Gasteiger partial charge on any atom is 0.501 e. The van der Waals surface area contributed by atoms with E-state index in [0.29, 0.717) is 6.07 Å². The Balaban J connectivity index is 3.63. The van der Waals surface area contributed by atoms with Crippen LogP contribution in [0, 0.1) is 6.92 Å². The number of benzene rings is 1. The highest BCUT2D eigenvalue weighted by atomic mass is 32.2. The Kier molecular flexibility index (Phi) is 3.49. The Bertz CT molecular complexity index is 677. The second-order valence-corrected chi connectivity index (χ2v) is 6.89. The molecule has 102 valence electrons. The van der Waals surface area contributed by atoms with E-state index in [2.05, 4.69) is 0 Å². The van der Waals surface area contributed by atoms with Crippen molar-refractivity contribution in [2.45, 2.75) is 22.2 Å². The van der Waals surface area contributed by atoms with E-state index in [1.54, 1.807) is 0 Å². The summed E-state index contributed by atoms with van der Waals surface area (Å²) >= 11 is 0. The normalized spacial score (nSPS) is 13.6. The van der Waals surface area contributed by atoms with Crippen LogP contribution in [0.2, 0.25) is 0 Å². The first kappa shape index (κ1) is 14.9. The van der Waals surface area contributed by atoms with Crippen molar-refractivity contribution in [3.8, 4) is 0 Å². The molecule has 0 fully saturated rings. The van der Waals surface area contributed by atoms with Gasteiger partial charge in [-0.1, -0.05) is 6.07 Å². The maximum absolute atomic E-state index is 12.4. The molecule has 2 N–H and O–H groups in total. The SMILES string of the molecule is Cc1ccc(S(N)(=O)=O)cc1S(=O)(=O)C(F)(F)F. The van der Waals surface area contributed by atoms with Crippen LogP contribution in [0.15, 0.2) is 28.0 Å². The van der Waals surface area contributed by atoms with Crippen LogP contribution in [0.5, 0.6) is 0 Å². The van der Waals surface area contributed by atoms with Crippen LogP contribution in [0.4, 0.5) is 13.2 Å². The van der Waals surface area contributed by atoms with Crippen molar-refractivity contribution in [1.29, 1.82) is 0 Å². The van der Waals surface area contributed by atoms with Gasteiger partial charge < -0.3 is 0 Å². The summed E-state index contributed by atoms with van der Waals surface area (Å²) in [6.45, 7) is 1.12. The maximum atomic E-state index is 12.4. The first-order valence-corrected chi connectivity index (χ1v) is 7.35. The van der Waals surface area contributed by atoms with Crippen LogP contribution in [-0.2, 0) is 19.9 Å². The lowest BCUT2D eigenvalue weighted by Crippen LogP contribution is -2.24. The smallest absolute Gasteiger partial charge is 0.225 e. The van der Waals surface area contributed by atoms with Gasteiger partial charge in [-0.15, -0.1) is 0 Å². The number of rotatable bonds is 2. The average Bonchev–Trinajstić information content (AvgIpc) is 2.14. The molecule has 0 aliphatic rings. The summed E-state index contributed by atoms with van der Waals surface area (Å²) in [7, 11) is -9.89. The number of hydrogen-bond donors (Lipinski definition) is 1. The third-order valence-electron chi connectivity index (χ3n) is 2.08. The molecule has 18 heavy (non-hydrogen) atoms. The summed E-state index contributed by atoms with van der Waals surface area (Å²) in [5.41, 5.74) is -5.73. The van der Waals surface area contributed by atoms with E-state index in [1.165, 1.54) is 0 Å². The zero-order valence-electron chi connectivity index (χ0n) is 8.89. The van der Waals surface area contributed by atoms with E-state index >= 15 is 0 Å². The van der Waals surface area contributed by atoms with Crippen LogP contribution in [0.1, 0.15) is 5.56 Å². The minimum Gasteiger partial charge on any atom is -0.225 e. The highest BCUT2D eigenvalue weighted by Crippen LogP contribution is 2.32. The molecule has 10 heteroatoms. The Morgan fingerprint density at radius 1 is 1.11 bits per heavy atom. The lowest BCUT2D eigenvalue weighted by molar-refractivity contribution is -0.0436. The topological polar surface area (TPSA) is 94.3 Å². The summed E-state index contributed by atoms with van der Waals surface area (Å²) < 4.78 is 81.4. The number of sulfonamides is 1. The molecule has 0 aliphatic heterocycles. The minimum atomic E-state index is -5.61. The molecular formula is C8H8F3NO4S2. The molecule has 0 heterocycles. The van der Waals surface area contributed by atoms with Crippen molar-refractivity contribution in [2.24, 2.45) is 5.14 Å². The van der Waals surface area contributed by atoms with Crippen LogP contribution in [0.25, 0.3) is 0 Å². The summed E-state index contributed by atoms with van der Waals surface area (Å²) in [5.74, 6) is 0. The molecular weight excluding hydrogens is 295 g/mol. The van der Waals surface area contributed by atoms with Gasteiger partial charge in [0.05, 0.1) is 9.79 Å². The van der Waals surface area contributed by atoms with Crippen LogP contribution >= 0.6 is 0 Å². The number of sulfone groups is 1. The molecule has 0 amide bonds. The molecule has 0 bridgehead atoms. The Labute approximate surface area is 101 Å². The lowest BCUT2D eigenvalue weighted by Gasteiger charge is -2.11. The van der Waals surface area contributed by atoms with Crippen LogP contribution < -0.4 is 5.14 Å². The zero-order chi connectivity index (χ0) is 14.4. The highest BCUT2D eigenvalue weighted by molar-refractivity contribution is 7.92. The fourth-order valence-corrected chi connectivity index (χ4v) is 2.81. The molecule has 1 rings (SSSR count). The molecule has 0 aliphatic carbocycles. The highest BCUT2D eigenvalue weighted by Gasteiger charge is 2.47. The van der Waals surface area contributed by atoms with Gasteiger partial charge >= 0.3 is 5.51 Å². The predicted octanol–water partition coefficient (Wildman–Crippen LogP) is 0.936. The molecule has 0 saturated heterocycles. The minimum absolute atomic E-state index is 0.222. The van der Waals surface area contributed by atoms with Crippen molar-refractivity contribution in [3.05, 3.63) is 23.8 Å². The van der Waals surface area contributed by atoms with Gasteiger partial charge in [-0.3, -0.25) is 0 Å². The van der Waals surface area contributed by atoms with E-state index < -0.39 is 35.2 Å². The number of alkyl halides is 3. The molecule has 1 aromatic rings. The van der Waals surface area contributed by atoms with E-state index in [9.17, 15) is 30.0 Å². The fraction of sp³-hybridized carbons (Fsp3) is 0.250. The van der Waals surface area contributed by atoms with Crippen molar-refractivity contribution >= 4 is 19.9 Å². The predicted molar refractivity (Wildman–Crippen MR) is 55.8 cm³/mol. The average molecular weight is 303 g/mol. The first-order valence-electron chi connectivity index (χ1n) is 4.32. The van der Waals surface area contributed by atoms with Crippen LogP contribution in [0.3, 0.4) is 0 Å². The quantitative estimate of drug-likeness (QED) is 0.879. The van der Waals surface area contributed by atoms with E-state index in [1.807, 2.05) is 0 Å². The van der Waals surface area contributed by atoms with Gasteiger partial charge in [0.25, 0.3) is 9.84 Å². The lowest BCUT2D eigenvalue weighted by atomic mass is 10.2. The standard InChI is InChI=1S/C8H8F3NO4S2/c1-5-2-3-6(18(12,15)16)4-7(5)17(13,14)8(9,10)11/h2-4H,1H3,(H2,12,15,16). The van der Waals surface area contributed by atoms with Crippen molar-refractivity contribution < 1.29 is 30.0 Å². The molecule has 0 saturated carbocycles. The molecule has 0 radical (unpaired) electrons. The zero-order valence-corrected chi connectivity index (χ0v) is 10.5. The second kappa shape index (κ2) is 4.21. The molecule has 0 spiro atoms. The van der Waals surface area contributed by atoms with Crippen molar-refractivity contribution in [1.82, 2.24) is 0 Å². The Hall–Kier alpha value is -1.13. The fourth-order valence-electron chi connectivity index (χ4n) is 1.17. The summed E-state index contributed by atoms with van der Waals surface area (Å²) in [5, 5.41) is 4.72. The van der Waals surface area contributed by atoms with Gasteiger partial charge in [0.15, 0.2) is 0 Å². The summed E-state index contributed by atoms with van der Waals surface area (Å²) in [6.07, 6.45) is 0. The second-order valence-electron chi connectivity index (χ2n) is 3.42. The monoisotopic (exact) mass is 303 g/mol. The van der Waals surface area contributed by atoms with E-state index in [0.717, 1.165) is 19.1 Å². The number of nitrogens with two attached hydrogens (primary N) is 1. The van der Waals surface area contributed by atoms with Gasteiger partial charge in [0, 0.05) is 0 Å². The van der Waals surface area contributed by atoms with Gasteiger partial charge in [0.2, 0.25) is 10.0 Å². The number of hydrogen-bond acceptors (Lipinski definition) is 4. The number of primary sulfonamides is 1. The molecule has 0 unspecified atom stereocenters.